The Kier molecular flexibility index (Phi) is 7.97. The molecule has 0 aliphatic carbocycles. The number of para-hydroxylation sites is 2. The summed E-state index contributed by atoms with van der Waals surface area (Å²) in [4.78, 5) is 31.9. The predicted octanol–water partition coefficient (Wildman–Crippen LogP) is 6.42. The summed E-state index contributed by atoms with van der Waals surface area (Å²) in [7, 11) is 0. The molecule has 2 amide bonds. The van der Waals surface area contributed by atoms with E-state index < -0.39 is 12.2 Å². The highest BCUT2D eigenvalue weighted by atomic mass is 16.6. The molecule has 0 aliphatic rings. The van der Waals surface area contributed by atoms with Crippen LogP contribution in [0.2, 0.25) is 0 Å². The molecule has 0 atom stereocenters. The van der Waals surface area contributed by atoms with E-state index in [4.69, 9.17) is 25.4 Å². The summed E-state index contributed by atoms with van der Waals surface area (Å²) in [6.45, 7) is 0. The van der Waals surface area contributed by atoms with Crippen molar-refractivity contribution in [3.63, 3.8) is 0 Å². The van der Waals surface area contributed by atoms with E-state index in [0.717, 1.165) is 16.7 Å². The molecule has 9 nitrogen and oxygen atoms in total. The average Bonchev–Trinajstić information content (AvgIpc) is 3.48. The van der Waals surface area contributed by atoms with Crippen molar-refractivity contribution in [2.45, 2.75) is 0 Å². The number of carbonyl (C=O) groups excluding carboxylic acids is 2. The Bertz CT molecular complexity index is 1580. The van der Waals surface area contributed by atoms with Gasteiger partial charge in [-0.3, -0.25) is 0 Å². The standard InChI is InChI=1S/C32H24N4O5/c33-29(35-31(37)40-25-7-3-1-4-8-25)23-15-11-21(12-16-23)27-19-20-39-28(27)22-13-17-24(18-14-22)30(34)36-32(38)41-26-9-5-2-6-10-26/h1-20H,(H2,33,35,37)(H2,34,36,38). The van der Waals surface area contributed by atoms with Gasteiger partial charge in [-0.1, -0.05) is 84.9 Å². The zero-order valence-electron chi connectivity index (χ0n) is 21.6. The molecule has 9 heteroatoms. The topological polar surface area (TPSA) is 142 Å². The lowest BCUT2D eigenvalue weighted by Crippen LogP contribution is -2.17. The highest BCUT2D eigenvalue weighted by molar-refractivity contribution is 6.04. The number of amidine groups is 2. The Morgan fingerprint density at radius 1 is 0.561 bits per heavy atom. The van der Waals surface area contributed by atoms with Crippen molar-refractivity contribution in [2.24, 2.45) is 21.5 Å². The maximum atomic E-state index is 12.1. The molecular formula is C32H24N4O5. The summed E-state index contributed by atoms with van der Waals surface area (Å²) in [5, 5.41) is 0. The van der Waals surface area contributed by atoms with Crippen LogP contribution < -0.4 is 20.9 Å². The monoisotopic (exact) mass is 544 g/mol. The number of amides is 2. The largest absolute Gasteiger partial charge is 0.464 e. The first kappa shape index (κ1) is 26.6. The quantitative estimate of drug-likeness (QED) is 0.185. The molecule has 1 heterocycles. The van der Waals surface area contributed by atoms with Gasteiger partial charge in [0.2, 0.25) is 0 Å². The van der Waals surface area contributed by atoms with E-state index in [1.54, 1.807) is 79.1 Å². The van der Waals surface area contributed by atoms with Crippen LogP contribution in [-0.4, -0.2) is 23.9 Å². The van der Waals surface area contributed by atoms with Crippen LogP contribution >= 0.6 is 0 Å². The SMILES string of the molecule is N/C(=N\C(=O)Oc1ccccc1)c1ccc(-c2ccoc2-c2ccc(/C(N)=N/C(=O)Oc3ccccc3)cc2)cc1. The molecule has 0 bridgehead atoms. The molecule has 202 valence electrons. The number of benzene rings is 4. The van der Waals surface area contributed by atoms with Crippen LogP contribution in [0.1, 0.15) is 11.1 Å². The van der Waals surface area contributed by atoms with Crippen LogP contribution in [0.3, 0.4) is 0 Å². The molecule has 0 spiro atoms. The molecule has 41 heavy (non-hydrogen) atoms. The first-order valence-electron chi connectivity index (χ1n) is 12.5. The fraction of sp³-hybridized carbons (Fsp3) is 0. The van der Waals surface area contributed by atoms with Crippen LogP contribution in [0.4, 0.5) is 9.59 Å². The second-order valence-corrected chi connectivity index (χ2v) is 8.67. The predicted molar refractivity (Wildman–Crippen MR) is 156 cm³/mol. The van der Waals surface area contributed by atoms with E-state index in [0.29, 0.717) is 28.4 Å². The Labute approximate surface area is 235 Å². The Morgan fingerprint density at radius 2 is 1.00 bits per heavy atom. The molecule has 5 aromatic rings. The van der Waals surface area contributed by atoms with Gasteiger partial charge in [0.1, 0.15) is 28.9 Å². The third-order valence-corrected chi connectivity index (χ3v) is 5.92. The van der Waals surface area contributed by atoms with Gasteiger partial charge in [0.05, 0.1) is 6.26 Å². The second kappa shape index (κ2) is 12.3. The molecule has 4 aromatic carbocycles. The van der Waals surface area contributed by atoms with Crippen molar-refractivity contribution in [3.05, 3.63) is 133 Å². The third kappa shape index (κ3) is 6.73. The molecule has 0 saturated heterocycles. The normalized spacial score (nSPS) is 11.6. The zero-order chi connectivity index (χ0) is 28.6. The van der Waals surface area contributed by atoms with Gasteiger partial charge in [0.15, 0.2) is 0 Å². The van der Waals surface area contributed by atoms with Gasteiger partial charge in [0.25, 0.3) is 0 Å². The van der Waals surface area contributed by atoms with E-state index in [-0.39, 0.29) is 11.7 Å². The Hall–Kier alpha value is -5.96. The molecule has 5 rings (SSSR count). The van der Waals surface area contributed by atoms with Crippen molar-refractivity contribution in [3.8, 4) is 33.9 Å². The van der Waals surface area contributed by atoms with E-state index in [1.165, 1.54) is 0 Å². The molecule has 0 radical (unpaired) electrons. The molecule has 0 fully saturated rings. The number of ether oxygens (including phenoxy) is 2. The summed E-state index contributed by atoms with van der Waals surface area (Å²) in [6.07, 6.45) is -0.0254. The highest BCUT2D eigenvalue weighted by Gasteiger charge is 2.13. The van der Waals surface area contributed by atoms with Gasteiger partial charge in [0, 0.05) is 22.3 Å². The first-order valence-corrected chi connectivity index (χ1v) is 12.5. The lowest BCUT2D eigenvalue weighted by Gasteiger charge is -2.07. The smallest absolute Gasteiger partial charge is 0.441 e. The minimum Gasteiger partial charge on any atom is -0.464 e. The second-order valence-electron chi connectivity index (χ2n) is 8.67. The summed E-state index contributed by atoms with van der Waals surface area (Å²) >= 11 is 0. The zero-order valence-corrected chi connectivity index (χ0v) is 21.6. The summed E-state index contributed by atoms with van der Waals surface area (Å²) in [5.74, 6) is 1.46. The summed E-state index contributed by atoms with van der Waals surface area (Å²) in [6, 6.07) is 33.4. The minimum absolute atomic E-state index is 0.0274. The van der Waals surface area contributed by atoms with Gasteiger partial charge in [-0.15, -0.1) is 0 Å². The van der Waals surface area contributed by atoms with Gasteiger partial charge >= 0.3 is 12.2 Å². The van der Waals surface area contributed by atoms with Crippen LogP contribution in [0, 0.1) is 0 Å². The number of furan rings is 1. The molecule has 0 aliphatic heterocycles. The maximum absolute atomic E-state index is 12.1. The lowest BCUT2D eigenvalue weighted by atomic mass is 10.00. The number of nitrogens with zero attached hydrogens (tertiary/aromatic N) is 2. The van der Waals surface area contributed by atoms with Gasteiger partial charge < -0.3 is 25.4 Å². The van der Waals surface area contributed by atoms with Gasteiger partial charge in [-0.2, -0.15) is 9.98 Å². The number of rotatable bonds is 6. The van der Waals surface area contributed by atoms with Gasteiger partial charge in [-0.25, -0.2) is 9.59 Å². The number of nitrogens with two attached hydrogens (primary N) is 2. The van der Waals surface area contributed by atoms with E-state index >= 15 is 0 Å². The Morgan fingerprint density at radius 3 is 1.46 bits per heavy atom. The molecule has 4 N–H and O–H groups in total. The first-order chi connectivity index (χ1) is 20.0. The van der Waals surface area contributed by atoms with E-state index in [1.807, 2.05) is 42.5 Å². The van der Waals surface area contributed by atoms with Crippen molar-refractivity contribution >= 4 is 23.9 Å². The Balaban J connectivity index is 1.27. The average molecular weight is 545 g/mol. The lowest BCUT2D eigenvalue weighted by molar-refractivity contribution is 0.210. The fourth-order valence-electron chi connectivity index (χ4n) is 3.92. The highest BCUT2D eigenvalue weighted by Crippen LogP contribution is 2.33. The van der Waals surface area contributed by atoms with Crippen molar-refractivity contribution in [2.75, 3.05) is 0 Å². The number of carbonyl (C=O) groups is 2. The molecule has 1 aromatic heterocycles. The minimum atomic E-state index is -0.812. The van der Waals surface area contributed by atoms with Crippen molar-refractivity contribution in [1.29, 1.82) is 0 Å². The molecule has 0 saturated carbocycles. The number of hydrogen-bond donors (Lipinski definition) is 2. The fourth-order valence-corrected chi connectivity index (χ4v) is 3.92. The molecular weight excluding hydrogens is 520 g/mol. The van der Waals surface area contributed by atoms with Crippen LogP contribution in [0.25, 0.3) is 22.5 Å². The number of hydrogen-bond acceptors (Lipinski definition) is 5. The van der Waals surface area contributed by atoms with Crippen LogP contribution in [0.15, 0.2) is 136 Å². The van der Waals surface area contributed by atoms with Gasteiger partial charge in [-0.05, 0) is 35.9 Å². The van der Waals surface area contributed by atoms with Crippen LogP contribution in [-0.2, 0) is 0 Å². The third-order valence-electron chi connectivity index (χ3n) is 5.92. The van der Waals surface area contributed by atoms with Crippen LogP contribution in [0.5, 0.6) is 11.5 Å². The number of aliphatic imine (C=N–C) groups is 2. The summed E-state index contributed by atoms with van der Waals surface area (Å²) < 4.78 is 16.1. The van der Waals surface area contributed by atoms with Crippen molar-refractivity contribution in [1.82, 2.24) is 0 Å². The summed E-state index contributed by atoms with van der Waals surface area (Å²) in [5.41, 5.74) is 15.7. The van der Waals surface area contributed by atoms with E-state index in [2.05, 4.69) is 9.98 Å². The van der Waals surface area contributed by atoms with Crippen molar-refractivity contribution < 1.29 is 23.5 Å². The molecule has 0 unspecified atom stereocenters. The van der Waals surface area contributed by atoms with E-state index in [9.17, 15) is 9.59 Å². The maximum Gasteiger partial charge on any atom is 0.441 e.